The maximum absolute atomic E-state index is 5.14. The van der Waals surface area contributed by atoms with Crippen molar-refractivity contribution in [2.75, 3.05) is 0 Å². The van der Waals surface area contributed by atoms with Gasteiger partial charge in [-0.3, -0.25) is 0 Å². The van der Waals surface area contributed by atoms with Gasteiger partial charge in [0, 0.05) is 19.5 Å². The molecular formula is C7H13ClZn-. The fraction of sp³-hybridized carbons (Fsp3) is 0.714. The van der Waals surface area contributed by atoms with E-state index in [0.29, 0.717) is 0 Å². The summed E-state index contributed by atoms with van der Waals surface area (Å²) in [7, 11) is 0. The van der Waals surface area contributed by atoms with E-state index >= 15 is 0 Å². The average molecular weight is 198 g/mol. The fourth-order valence-corrected chi connectivity index (χ4v) is 0.512. The molecular weight excluding hydrogens is 185 g/mol. The Balaban J connectivity index is -0.000000180. The Kier molecular flexibility index (Phi) is 28.8. The van der Waals surface area contributed by atoms with Crippen LogP contribution in [0.25, 0.3) is 0 Å². The summed E-state index contributed by atoms with van der Waals surface area (Å²) < 4.78 is 0. The van der Waals surface area contributed by atoms with Crippen LogP contribution in [0.15, 0.2) is 6.08 Å². The van der Waals surface area contributed by atoms with Gasteiger partial charge >= 0.3 is 0 Å². The van der Waals surface area contributed by atoms with Crippen molar-refractivity contribution < 1.29 is 31.9 Å². The molecule has 0 aliphatic rings. The zero-order valence-corrected chi connectivity index (χ0v) is 9.79. The van der Waals surface area contributed by atoms with Crippen molar-refractivity contribution in [3.05, 3.63) is 12.7 Å². The normalized spacial score (nSPS) is 6.78. The topological polar surface area (TPSA) is 0 Å². The van der Waals surface area contributed by atoms with E-state index in [1.54, 1.807) is 6.08 Å². The molecule has 0 atom stereocenters. The summed E-state index contributed by atoms with van der Waals surface area (Å²) in [6.45, 7) is 7.34. The minimum atomic E-state index is 0. The number of halogens is 1. The molecule has 0 heterocycles. The van der Waals surface area contributed by atoms with Gasteiger partial charge in [-0.2, -0.15) is 0 Å². The summed E-state index contributed by atoms with van der Waals surface area (Å²) in [4.78, 5) is 0. The Labute approximate surface area is 77.3 Å². The molecule has 0 aliphatic carbocycles. The molecule has 0 nitrogen and oxygen atoms in total. The monoisotopic (exact) mass is 196 g/mol. The Morgan fingerprint density at radius 3 is 2.22 bits per heavy atom. The number of unbranched alkanes of at least 4 members (excludes halogenated alkanes) is 3. The Hall–Kier alpha value is 0.653. The molecule has 0 rings (SSSR count). The van der Waals surface area contributed by atoms with E-state index in [0.717, 1.165) is 6.42 Å². The van der Waals surface area contributed by atoms with Gasteiger partial charge in [0.05, 0.1) is 0 Å². The van der Waals surface area contributed by atoms with E-state index in [2.05, 4.69) is 6.92 Å². The zero-order valence-electron chi connectivity index (χ0n) is 6.07. The first-order valence-electron chi connectivity index (χ1n) is 2.95. The van der Waals surface area contributed by atoms with Crippen molar-refractivity contribution in [3.8, 4) is 0 Å². The van der Waals surface area contributed by atoms with E-state index in [1.807, 2.05) is 0 Å². The van der Waals surface area contributed by atoms with Crippen molar-refractivity contribution in [1.29, 1.82) is 0 Å². The minimum Gasteiger partial charge on any atom is -1.00 e. The summed E-state index contributed by atoms with van der Waals surface area (Å²) in [6, 6.07) is 0. The van der Waals surface area contributed by atoms with Crippen LogP contribution < -0.4 is 12.4 Å². The predicted octanol–water partition coefficient (Wildman–Crippen LogP) is -0.443. The van der Waals surface area contributed by atoms with Crippen LogP contribution >= 0.6 is 0 Å². The van der Waals surface area contributed by atoms with Crippen LogP contribution in [0.3, 0.4) is 0 Å². The summed E-state index contributed by atoms with van der Waals surface area (Å²) in [5.74, 6) is 0. The molecule has 0 saturated heterocycles. The molecule has 0 aliphatic heterocycles. The molecule has 0 saturated carbocycles. The van der Waals surface area contributed by atoms with E-state index in [-0.39, 0.29) is 31.9 Å². The quantitative estimate of drug-likeness (QED) is 0.424. The van der Waals surface area contributed by atoms with Gasteiger partial charge in [-0.25, -0.2) is 0 Å². The molecule has 0 N–H and O–H groups in total. The third-order valence-corrected chi connectivity index (χ3v) is 0.974. The van der Waals surface area contributed by atoms with Gasteiger partial charge in [-0.05, 0) is 12.8 Å². The fourth-order valence-electron chi connectivity index (χ4n) is 0.512. The van der Waals surface area contributed by atoms with E-state index in [1.165, 1.54) is 19.3 Å². The van der Waals surface area contributed by atoms with Gasteiger partial charge in [0.25, 0.3) is 0 Å². The van der Waals surface area contributed by atoms with Gasteiger partial charge < -0.3 is 12.4 Å². The number of hydrogen-bond donors (Lipinski definition) is 0. The zero-order chi connectivity index (χ0) is 5.54. The van der Waals surface area contributed by atoms with Gasteiger partial charge in [-0.15, -0.1) is 0 Å². The summed E-state index contributed by atoms with van der Waals surface area (Å²) in [5, 5.41) is 0. The largest absolute Gasteiger partial charge is 1.00 e. The second-order valence-electron chi connectivity index (χ2n) is 1.73. The molecule has 0 spiro atoms. The van der Waals surface area contributed by atoms with Crippen LogP contribution in [0.1, 0.15) is 32.6 Å². The van der Waals surface area contributed by atoms with Crippen LogP contribution in [0.4, 0.5) is 0 Å². The van der Waals surface area contributed by atoms with E-state index in [4.69, 9.17) is 6.58 Å². The van der Waals surface area contributed by atoms with Crippen molar-refractivity contribution in [1.82, 2.24) is 0 Å². The van der Waals surface area contributed by atoms with E-state index in [9.17, 15) is 0 Å². The summed E-state index contributed by atoms with van der Waals surface area (Å²) in [5.41, 5.74) is 0. The first-order valence-corrected chi connectivity index (χ1v) is 2.95. The third-order valence-electron chi connectivity index (χ3n) is 0.974. The molecule has 0 bridgehead atoms. The van der Waals surface area contributed by atoms with Gasteiger partial charge in [0.15, 0.2) is 0 Å². The van der Waals surface area contributed by atoms with Gasteiger partial charge in [0.1, 0.15) is 0 Å². The van der Waals surface area contributed by atoms with Gasteiger partial charge in [-0.1, -0.05) is 32.4 Å². The van der Waals surface area contributed by atoms with Crippen molar-refractivity contribution in [2.24, 2.45) is 0 Å². The van der Waals surface area contributed by atoms with Gasteiger partial charge in [0.2, 0.25) is 0 Å². The SMILES string of the molecule is [CH]=CCCCCC.[Cl-].[Zn]. The predicted molar refractivity (Wildman–Crippen MR) is 33.0 cm³/mol. The van der Waals surface area contributed by atoms with E-state index < -0.39 is 0 Å². The summed E-state index contributed by atoms with van der Waals surface area (Å²) >= 11 is 0. The van der Waals surface area contributed by atoms with Crippen LogP contribution in [-0.2, 0) is 19.5 Å². The molecule has 9 heavy (non-hydrogen) atoms. The third kappa shape index (κ3) is 17.7. The average Bonchev–Trinajstić information content (AvgIpc) is 1.69. The Morgan fingerprint density at radius 1 is 1.33 bits per heavy atom. The Bertz CT molecular complexity index is 46.2. The van der Waals surface area contributed by atoms with Crippen LogP contribution in [0.5, 0.6) is 0 Å². The maximum atomic E-state index is 5.14. The number of allylic oxidation sites excluding steroid dienone is 1. The van der Waals surface area contributed by atoms with Crippen molar-refractivity contribution >= 4 is 0 Å². The van der Waals surface area contributed by atoms with Crippen molar-refractivity contribution in [3.63, 3.8) is 0 Å². The standard InChI is InChI=1S/C7H13.ClH.Zn/c1-3-5-7-6-4-2;;/h1,3H,4-7H2,2H3;1H;/p-1. The molecule has 0 aromatic carbocycles. The number of rotatable bonds is 4. The molecule has 0 aromatic heterocycles. The smallest absolute Gasteiger partial charge is 0 e. The molecule has 51 valence electrons. The van der Waals surface area contributed by atoms with Crippen molar-refractivity contribution in [2.45, 2.75) is 32.6 Å². The molecule has 0 fully saturated rings. The van der Waals surface area contributed by atoms with Crippen LogP contribution in [0, 0.1) is 6.58 Å². The maximum Gasteiger partial charge on any atom is 0 e. The summed E-state index contributed by atoms with van der Waals surface area (Å²) in [6.07, 6.45) is 6.66. The second kappa shape index (κ2) is 15.9. The Morgan fingerprint density at radius 2 is 1.89 bits per heavy atom. The minimum absolute atomic E-state index is 0. The molecule has 0 aromatic rings. The number of hydrogen-bond acceptors (Lipinski definition) is 0. The van der Waals surface area contributed by atoms with Crippen LogP contribution in [0.2, 0.25) is 0 Å². The first kappa shape index (κ1) is 16.3. The molecule has 0 unspecified atom stereocenters. The van der Waals surface area contributed by atoms with Crippen LogP contribution in [-0.4, -0.2) is 0 Å². The molecule has 2 heteroatoms. The first-order chi connectivity index (χ1) is 3.41. The molecule has 1 radical (unpaired) electrons. The second-order valence-corrected chi connectivity index (χ2v) is 1.73. The molecule has 0 amide bonds.